The molecule has 0 aliphatic carbocycles. The molecule has 0 spiro atoms. The number of likely N-dealkylation sites (tertiary alicyclic amines) is 1. The number of nitrogens with zero attached hydrogens (tertiary/aromatic N) is 1. The number of aliphatic hydroxyl groups excluding tert-OH is 1. The van der Waals surface area contributed by atoms with Gasteiger partial charge in [-0.25, -0.2) is 0 Å². The Morgan fingerprint density at radius 1 is 1.53 bits per heavy atom. The Morgan fingerprint density at radius 3 is 2.93 bits per heavy atom. The van der Waals surface area contributed by atoms with Crippen molar-refractivity contribution in [3.8, 4) is 0 Å². The highest BCUT2D eigenvalue weighted by Gasteiger charge is 2.38. The van der Waals surface area contributed by atoms with Gasteiger partial charge in [0.05, 0.1) is 12.6 Å². The van der Waals surface area contributed by atoms with Crippen LogP contribution in [0.25, 0.3) is 0 Å². The number of carbonyl (C=O) groups is 1. The van der Waals surface area contributed by atoms with Crippen LogP contribution in [0, 0.1) is 5.92 Å². The summed E-state index contributed by atoms with van der Waals surface area (Å²) in [5, 5.41) is 9.26. The van der Waals surface area contributed by atoms with Crippen LogP contribution < -0.4 is 0 Å². The molecule has 3 atom stereocenters. The summed E-state index contributed by atoms with van der Waals surface area (Å²) >= 11 is 0. The van der Waals surface area contributed by atoms with E-state index in [1.54, 1.807) is 4.90 Å². The topological polar surface area (TPSA) is 49.8 Å². The van der Waals surface area contributed by atoms with Gasteiger partial charge in [-0.2, -0.15) is 0 Å². The third kappa shape index (κ3) is 2.01. The first kappa shape index (κ1) is 10.9. The predicted molar refractivity (Wildman–Crippen MR) is 55.3 cm³/mol. The van der Waals surface area contributed by atoms with Gasteiger partial charge in [0, 0.05) is 13.2 Å². The van der Waals surface area contributed by atoms with Gasteiger partial charge < -0.3 is 14.7 Å². The van der Waals surface area contributed by atoms with Crippen molar-refractivity contribution in [3.63, 3.8) is 0 Å². The average molecular weight is 213 g/mol. The Kier molecular flexibility index (Phi) is 3.26. The number of rotatable bonds is 2. The molecule has 2 saturated heterocycles. The van der Waals surface area contributed by atoms with Crippen LogP contribution in [0.5, 0.6) is 0 Å². The van der Waals surface area contributed by atoms with Crippen molar-refractivity contribution in [2.24, 2.45) is 5.92 Å². The first-order valence-electron chi connectivity index (χ1n) is 5.77. The van der Waals surface area contributed by atoms with Gasteiger partial charge in [-0.1, -0.05) is 6.92 Å². The van der Waals surface area contributed by atoms with Crippen LogP contribution in [0.2, 0.25) is 0 Å². The van der Waals surface area contributed by atoms with Crippen LogP contribution in [0.15, 0.2) is 0 Å². The molecule has 0 radical (unpaired) electrons. The summed E-state index contributed by atoms with van der Waals surface area (Å²) in [5.74, 6) is 0.483. The van der Waals surface area contributed by atoms with Gasteiger partial charge in [0.25, 0.3) is 5.91 Å². The Labute approximate surface area is 90.2 Å². The van der Waals surface area contributed by atoms with Gasteiger partial charge in [-0.3, -0.25) is 4.79 Å². The van der Waals surface area contributed by atoms with Crippen molar-refractivity contribution in [2.75, 3.05) is 19.8 Å². The highest BCUT2D eigenvalue weighted by atomic mass is 16.5. The Morgan fingerprint density at radius 2 is 2.33 bits per heavy atom. The van der Waals surface area contributed by atoms with E-state index in [0.717, 1.165) is 25.8 Å². The molecule has 0 aromatic heterocycles. The maximum Gasteiger partial charge on any atom is 0.252 e. The third-order valence-corrected chi connectivity index (χ3v) is 3.56. The maximum atomic E-state index is 12.1. The fourth-order valence-corrected chi connectivity index (χ4v) is 2.52. The van der Waals surface area contributed by atoms with E-state index in [9.17, 15) is 9.90 Å². The maximum absolute atomic E-state index is 12.1. The summed E-state index contributed by atoms with van der Waals surface area (Å²) in [5.41, 5.74) is 0. The van der Waals surface area contributed by atoms with E-state index in [0.29, 0.717) is 12.5 Å². The van der Waals surface area contributed by atoms with Crippen molar-refractivity contribution in [3.05, 3.63) is 0 Å². The molecule has 1 amide bonds. The van der Waals surface area contributed by atoms with Crippen molar-refractivity contribution in [1.29, 1.82) is 0 Å². The third-order valence-electron chi connectivity index (χ3n) is 3.56. The highest BCUT2D eigenvalue weighted by molar-refractivity contribution is 5.81. The van der Waals surface area contributed by atoms with Gasteiger partial charge >= 0.3 is 0 Å². The van der Waals surface area contributed by atoms with Crippen LogP contribution in [0.4, 0.5) is 0 Å². The summed E-state index contributed by atoms with van der Waals surface area (Å²) in [7, 11) is 0. The normalized spacial score (nSPS) is 36.1. The van der Waals surface area contributed by atoms with Crippen molar-refractivity contribution in [2.45, 2.75) is 38.3 Å². The van der Waals surface area contributed by atoms with Gasteiger partial charge in [-0.05, 0) is 25.2 Å². The van der Waals surface area contributed by atoms with Crippen LogP contribution in [0.3, 0.4) is 0 Å². The molecule has 2 aliphatic heterocycles. The number of ether oxygens (including phenoxy) is 1. The second-order valence-corrected chi connectivity index (χ2v) is 4.55. The van der Waals surface area contributed by atoms with E-state index < -0.39 is 0 Å². The summed E-state index contributed by atoms with van der Waals surface area (Å²) in [4.78, 5) is 13.9. The van der Waals surface area contributed by atoms with Crippen molar-refractivity contribution in [1.82, 2.24) is 4.90 Å². The highest BCUT2D eigenvalue weighted by Crippen LogP contribution is 2.26. The second kappa shape index (κ2) is 4.49. The SMILES string of the molecule is CC1CCN(C(=O)C2CCCO2)C1CO. The minimum atomic E-state index is -0.246. The lowest BCUT2D eigenvalue weighted by Crippen LogP contribution is -2.44. The lowest BCUT2D eigenvalue weighted by Gasteiger charge is -2.27. The first-order valence-corrected chi connectivity index (χ1v) is 5.77. The summed E-state index contributed by atoms with van der Waals surface area (Å²) in [6.07, 6.45) is 2.55. The molecule has 0 saturated carbocycles. The molecule has 4 nitrogen and oxygen atoms in total. The minimum Gasteiger partial charge on any atom is -0.394 e. The molecule has 0 aromatic carbocycles. The van der Waals surface area contributed by atoms with E-state index in [4.69, 9.17) is 4.74 Å². The molecule has 86 valence electrons. The molecule has 15 heavy (non-hydrogen) atoms. The van der Waals surface area contributed by atoms with Crippen LogP contribution in [-0.4, -0.2) is 47.8 Å². The lowest BCUT2D eigenvalue weighted by atomic mass is 10.0. The van der Waals surface area contributed by atoms with Crippen LogP contribution in [0.1, 0.15) is 26.2 Å². The van der Waals surface area contributed by atoms with Crippen molar-refractivity contribution >= 4 is 5.91 Å². The largest absolute Gasteiger partial charge is 0.394 e. The molecule has 4 heteroatoms. The first-order chi connectivity index (χ1) is 7.24. The van der Waals surface area contributed by atoms with Crippen LogP contribution in [-0.2, 0) is 9.53 Å². The lowest BCUT2D eigenvalue weighted by molar-refractivity contribution is -0.142. The quantitative estimate of drug-likeness (QED) is 0.722. The number of hydrogen-bond acceptors (Lipinski definition) is 3. The van der Waals surface area contributed by atoms with Gasteiger partial charge in [0.1, 0.15) is 6.10 Å². The predicted octanol–water partition coefficient (Wildman–Crippen LogP) is 0.395. The molecular weight excluding hydrogens is 194 g/mol. The Hall–Kier alpha value is -0.610. The molecule has 2 fully saturated rings. The summed E-state index contributed by atoms with van der Waals surface area (Å²) < 4.78 is 5.38. The average Bonchev–Trinajstić information content (AvgIpc) is 2.85. The summed E-state index contributed by atoms with van der Waals surface area (Å²) in [6.45, 7) is 3.62. The van der Waals surface area contributed by atoms with Gasteiger partial charge in [-0.15, -0.1) is 0 Å². The molecule has 2 rings (SSSR count). The second-order valence-electron chi connectivity index (χ2n) is 4.55. The minimum absolute atomic E-state index is 0.00157. The van der Waals surface area contributed by atoms with Crippen molar-refractivity contribution < 1.29 is 14.6 Å². The summed E-state index contributed by atoms with van der Waals surface area (Å²) in [6, 6.07) is 0.00157. The number of aliphatic hydroxyl groups is 1. The standard InChI is InChI=1S/C11H19NO3/c1-8-4-5-12(9(8)7-13)11(14)10-3-2-6-15-10/h8-10,13H,2-7H2,1H3. The van der Waals surface area contributed by atoms with E-state index in [1.807, 2.05) is 0 Å². The van der Waals surface area contributed by atoms with E-state index in [2.05, 4.69) is 6.92 Å². The van der Waals surface area contributed by atoms with Gasteiger partial charge in [0.2, 0.25) is 0 Å². The fourth-order valence-electron chi connectivity index (χ4n) is 2.52. The smallest absolute Gasteiger partial charge is 0.252 e. The zero-order valence-corrected chi connectivity index (χ0v) is 9.19. The number of hydrogen-bond donors (Lipinski definition) is 1. The zero-order chi connectivity index (χ0) is 10.8. The van der Waals surface area contributed by atoms with E-state index >= 15 is 0 Å². The molecule has 0 bridgehead atoms. The molecular formula is C11H19NO3. The molecule has 2 aliphatic rings. The van der Waals surface area contributed by atoms with Gasteiger partial charge in [0.15, 0.2) is 0 Å². The number of carbonyl (C=O) groups excluding carboxylic acids is 1. The van der Waals surface area contributed by atoms with E-state index in [1.165, 1.54) is 0 Å². The monoisotopic (exact) mass is 213 g/mol. The van der Waals surface area contributed by atoms with Crippen LogP contribution >= 0.6 is 0 Å². The molecule has 2 heterocycles. The number of amides is 1. The Bertz CT molecular complexity index is 238. The van der Waals surface area contributed by atoms with E-state index in [-0.39, 0.29) is 24.7 Å². The molecule has 3 unspecified atom stereocenters. The molecule has 1 N–H and O–H groups in total. The molecule has 0 aromatic rings. The fraction of sp³-hybridized carbons (Fsp3) is 0.909. The zero-order valence-electron chi connectivity index (χ0n) is 9.19. The Balaban J connectivity index is 2.00.